The van der Waals surface area contributed by atoms with E-state index in [0.29, 0.717) is 36.7 Å². The number of anilines is 2. The Morgan fingerprint density at radius 2 is 1.78 bits per heavy atom. The molecule has 0 saturated carbocycles. The summed E-state index contributed by atoms with van der Waals surface area (Å²) in [6, 6.07) is 5.52. The van der Waals surface area contributed by atoms with Gasteiger partial charge in [-0.25, -0.2) is 4.79 Å². The minimum atomic E-state index is -0.380. The Morgan fingerprint density at radius 1 is 1.11 bits per heavy atom. The van der Waals surface area contributed by atoms with Crippen molar-refractivity contribution in [2.45, 2.75) is 47.1 Å². The van der Waals surface area contributed by atoms with Crippen LogP contribution in [-0.2, 0) is 4.74 Å². The molecular weight excluding hydrogens is 344 g/mol. The van der Waals surface area contributed by atoms with Gasteiger partial charge in [0, 0.05) is 12.1 Å². The summed E-state index contributed by atoms with van der Waals surface area (Å²) in [7, 11) is 0. The Bertz CT molecular complexity index is 871. The van der Waals surface area contributed by atoms with Crippen molar-refractivity contribution in [1.82, 2.24) is 0 Å². The quantitative estimate of drug-likeness (QED) is 0.792. The van der Waals surface area contributed by atoms with Crippen LogP contribution in [0.3, 0.4) is 0 Å². The van der Waals surface area contributed by atoms with Crippen LogP contribution < -0.4 is 9.80 Å². The van der Waals surface area contributed by atoms with Gasteiger partial charge in [0.25, 0.3) is 5.91 Å². The SMILES string of the molecule is CCOC(=O)N1c2cc(C)c(C)cc2N(C(=O)c2occc2C)CC1CC. The van der Waals surface area contributed by atoms with Gasteiger partial charge in [0.05, 0.1) is 30.3 Å². The second kappa shape index (κ2) is 7.47. The number of fused-ring (bicyclic) bond motifs is 1. The largest absolute Gasteiger partial charge is 0.459 e. The van der Waals surface area contributed by atoms with Crippen LogP contribution in [0.4, 0.5) is 16.2 Å². The van der Waals surface area contributed by atoms with Crippen molar-refractivity contribution in [3.63, 3.8) is 0 Å². The van der Waals surface area contributed by atoms with Gasteiger partial charge in [-0.05, 0) is 63.4 Å². The van der Waals surface area contributed by atoms with E-state index in [-0.39, 0.29) is 18.0 Å². The molecule has 0 spiro atoms. The molecule has 144 valence electrons. The first-order valence-electron chi connectivity index (χ1n) is 9.32. The molecule has 1 aliphatic heterocycles. The van der Waals surface area contributed by atoms with E-state index in [1.807, 2.05) is 39.8 Å². The second-order valence-electron chi connectivity index (χ2n) is 6.90. The average molecular weight is 370 g/mol. The van der Waals surface area contributed by atoms with Crippen LogP contribution >= 0.6 is 0 Å². The Hall–Kier alpha value is -2.76. The molecule has 0 N–H and O–H groups in total. The minimum absolute atomic E-state index is 0.169. The van der Waals surface area contributed by atoms with Crippen LogP contribution in [0.15, 0.2) is 28.9 Å². The third kappa shape index (κ3) is 3.31. The lowest BCUT2D eigenvalue weighted by Gasteiger charge is -2.41. The zero-order valence-corrected chi connectivity index (χ0v) is 16.5. The van der Waals surface area contributed by atoms with E-state index in [4.69, 9.17) is 9.15 Å². The molecule has 1 aromatic carbocycles. The fourth-order valence-electron chi connectivity index (χ4n) is 3.44. The molecule has 27 heavy (non-hydrogen) atoms. The summed E-state index contributed by atoms with van der Waals surface area (Å²) in [6.07, 6.45) is 1.84. The summed E-state index contributed by atoms with van der Waals surface area (Å²) in [5, 5.41) is 0. The highest BCUT2D eigenvalue weighted by molar-refractivity contribution is 6.09. The van der Waals surface area contributed by atoms with Crippen LogP contribution in [0.1, 0.15) is 47.5 Å². The van der Waals surface area contributed by atoms with E-state index in [1.165, 1.54) is 6.26 Å². The van der Waals surface area contributed by atoms with E-state index < -0.39 is 0 Å². The van der Waals surface area contributed by atoms with E-state index in [0.717, 1.165) is 16.7 Å². The van der Waals surface area contributed by atoms with Gasteiger partial charge in [-0.2, -0.15) is 0 Å². The van der Waals surface area contributed by atoms with E-state index >= 15 is 0 Å². The molecule has 1 aliphatic rings. The van der Waals surface area contributed by atoms with Gasteiger partial charge in [-0.15, -0.1) is 0 Å². The van der Waals surface area contributed by atoms with Crippen LogP contribution in [0.2, 0.25) is 0 Å². The molecule has 0 aliphatic carbocycles. The third-order valence-electron chi connectivity index (χ3n) is 5.14. The molecule has 6 heteroatoms. The van der Waals surface area contributed by atoms with E-state index in [2.05, 4.69) is 0 Å². The highest BCUT2D eigenvalue weighted by Crippen LogP contribution is 2.39. The predicted octanol–water partition coefficient (Wildman–Crippen LogP) is 4.61. The molecule has 1 aromatic heterocycles. The first-order valence-corrected chi connectivity index (χ1v) is 9.32. The first kappa shape index (κ1) is 19.0. The molecule has 0 radical (unpaired) electrons. The van der Waals surface area contributed by atoms with Crippen LogP contribution in [0.5, 0.6) is 0 Å². The molecule has 2 heterocycles. The number of hydrogen-bond donors (Lipinski definition) is 0. The third-order valence-corrected chi connectivity index (χ3v) is 5.14. The fourth-order valence-corrected chi connectivity index (χ4v) is 3.44. The normalized spacial score (nSPS) is 16.3. The zero-order valence-electron chi connectivity index (χ0n) is 16.5. The monoisotopic (exact) mass is 370 g/mol. The molecule has 1 atom stereocenters. The molecule has 0 fully saturated rings. The zero-order chi connectivity index (χ0) is 19.7. The van der Waals surface area contributed by atoms with Crippen molar-refractivity contribution in [3.8, 4) is 0 Å². The Labute approximate surface area is 159 Å². The number of furan rings is 1. The van der Waals surface area contributed by atoms with Crippen LogP contribution in [0.25, 0.3) is 0 Å². The maximum Gasteiger partial charge on any atom is 0.414 e. The summed E-state index contributed by atoms with van der Waals surface area (Å²) < 4.78 is 10.7. The molecule has 2 amide bonds. The Balaban J connectivity index is 2.14. The van der Waals surface area contributed by atoms with E-state index in [9.17, 15) is 9.59 Å². The lowest BCUT2D eigenvalue weighted by atomic mass is 10.00. The molecule has 0 saturated heterocycles. The summed E-state index contributed by atoms with van der Waals surface area (Å²) in [6.45, 7) is 10.3. The molecule has 6 nitrogen and oxygen atoms in total. The number of aryl methyl sites for hydroxylation is 3. The van der Waals surface area contributed by atoms with Crippen LogP contribution in [-0.4, -0.2) is 31.2 Å². The number of ether oxygens (including phenoxy) is 1. The standard InChI is InChI=1S/C21H26N2O4/c1-6-16-12-22(20(24)19-13(3)8-9-27-19)17-10-14(4)15(5)11-18(17)23(16)21(25)26-7-2/h8-11,16H,6-7,12H2,1-5H3. The number of amides is 2. The topological polar surface area (TPSA) is 63.0 Å². The lowest BCUT2D eigenvalue weighted by Crippen LogP contribution is -2.53. The van der Waals surface area contributed by atoms with E-state index in [1.54, 1.807) is 22.8 Å². The summed E-state index contributed by atoms with van der Waals surface area (Å²) in [4.78, 5) is 29.3. The van der Waals surface area contributed by atoms with Gasteiger partial charge in [-0.3, -0.25) is 9.69 Å². The maximum absolute atomic E-state index is 13.2. The number of hydrogen-bond acceptors (Lipinski definition) is 4. The molecular formula is C21H26N2O4. The predicted molar refractivity (Wildman–Crippen MR) is 105 cm³/mol. The minimum Gasteiger partial charge on any atom is -0.459 e. The first-order chi connectivity index (χ1) is 12.9. The van der Waals surface area contributed by atoms with Crippen molar-refractivity contribution in [3.05, 3.63) is 46.9 Å². The average Bonchev–Trinajstić information content (AvgIpc) is 3.07. The van der Waals surface area contributed by atoms with Gasteiger partial charge in [0.2, 0.25) is 0 Å². The van der Waals surface area contributed by atoms with Gasteiger partial charge in [0.15, 0.2) is 5.76 Å². The number of rotatable bonds is 3. The maximum atomic E-state index is 13.2. The summed E-state index contributed by atoms with van der Waals surface area (Å²) in [5.74, 6) is 0.141. The number of carbonyl (C=O) groups is 2. The lowest BCUT2D eigenvalue weighted by molar-refractivity contribution is 0.0954. The van der Waals surface area contributed by atoms with Crippen molar-refractivity contribution in [2.24, 2.45) is 0 Å². The number of benzene rings is 1. The highest BCUT2D eigenvalue weighted by Gasteiger charge is 2.38. The van der Waals surface area contributed by atoms with Crippen molar-refractivity contribution in [2.75, 3.05) is 23.0 Å². The van der Waals surface area contributed by atoms with Crippen molar-refractivity contribution >= 4 is 23.4 Å². The molecule has 2 aromatic rings. The molecule has 0 bridgehead atoms. The fraction of sp³-hybridized carbons (Fsp3) is 0.429. The number of nitrogens with zero attached hydrogens (tertiary/aromatic N) is 2. The van der Waals surface area contributed by atoms with Gasteiger partial charge >= 0.3 is 6.09 Å². The summed E-state index contributed by atoms with van der Waals surface area (Å²) >= 11 is 0. The van der Waals surface area contributed by atoms with Gasteiger partial charge in [-0.1, -0.05) is 6.92 Å². The number of carbonyl (C=O) groups excluding carboxylic acids is 2. The second-order valence-corrected chi connectivity index (χ2v) is 6.90. The summed E-state index contributed by atoms with van der Waals surface area (Å²) in [5.41, 5.74) is 4.32. The Morgan fingerprint density at radius 3 is 2.33 bits per heavy atom. The molecule has 1 unspecified atom stereocenters. The highest BCUT2D eigenvalue weighted by atomic mass is 16.6. The van der Waals surface area contributed by atoms with Crippen LogP contribution in [0, 0.1) is 20.8 Å². The van der Waals surface area contributed by atoms with Crippen molar-refractivity contribution < 1.29 is 18.7 Å². The van der Waals surface area contributed by atoms with Gasteiger partial charge < -0.3 is 14.1 Å². The molecule has 3 rings (SSSR count). The smallest absolute Gasteiger partial charge is 0.414 e. The van der Waals surface area contributed by atoms with Crippen molar-refractivity contribution in [1.29, 1.82) is 0 Å². The van der Waals surface area contributed by atoms with Gasteiger partial charge in [0.1, 0.15) is 0 Å². The Kier molecular flexibility index (Phi) is 5.26.